The molecule has 2 aromatic heterocycles. The number of imidazole rings is 1. The van der Waals surface area contributed by atoms with Crippen molar-refractivity contribution in [2.45, 2.75) is 39.3 Å². The Kier molecular flexibility index (Phi) is 6.77. The molecule has 0 bridgehead atoms. The summed E-state index contributed by atoms with van der Waals surface area (Å²) in [5.74, 6) is 0.295. The molecule has 0 atom stereocenters. The van der Waals surface area contributed by atoms with Crippen molar-refractivity contribution in [2.24, 2.45) is 5.92 Å². The smallest absolute Gasteiger partial charge is 0.223 e. The number of fused-ring (bicyclic) bond motifs is 1. The third-order valence-corrected chi connectivity index (χ3v) is 7.08. The molecule has 4 aromatic rings. The Balaban J connectivity index is 1.21. The molecule has 1 saturated heterocycles. The Morgan fingerprint density at radius 3 is 2.68 bits per heavy atom. The maximum Gasteiger partial charge on any atom is 0.223 e. The van der Waals surface area contributed by atoms with Crippen molar-refractivity contribution in [3.8, 4) is 0 Å². The lowest BCUT2D eigenvalue weighted by molar-refractivity contribution is -0.126. The van der Waals surface area contributed by atoms with Crippen molar-refractivity contribution >= 4 is 16.8 Å². The number of likely N-dealkylation sites (tertiary alicyclic amines) is 1. The average Bonchev–Trinajstić information content (AvgIpc) is 3.49. The summed E-state index contributed by atoms with van der Waals surface area (Å²) in [6, 6.07) is 19.6. The van der Waals surface area contributed by atoms with Crippen LogP contribution in [-0.4, -0.2) is 45.0 Å². The van der Waals surface area contributed by atoms with E-state index in [-0.39, 0.29) is 11.8 Å². The van der Waals surface area contributed by atoms with Crippen molar-refractivity contribution < 1.29 is 4.79 Å². The average molecular weight is 456 g/mol. The monoisotopic (exact) mass is 455 g/mol. The fourth-order valence-electron chi connectivity index (χ4n) is 5.01. The van der Waals surface area contributed by atoms with Gasteiger partial charge in [0.15, 0.2) is 0 Å². The lowest BCUT2D eigenvalue weighted by Crippen LogP contribution is -2.41. The number of carbonyl (C=O) groups excluding carboxylic acids is 1. The number of aromatic amines is 1. The molecule has 0 unspecified atom stereocenters. The molecule has 1 fully saturated rings. The van der Waals surface area contributed by atoms with E-state index in [1.807, 2.05) is 6.20 Å². The number of benzene rings is 2. The molecule has 2 aromatic carbocycles. The van der Waals surface area contributed by atoms with Gasteiger partial charge in [-0.05, 0) is 61.5 Å². The molecule has 3 heterocycles. The van der Waals surface area contributed by atoms with Crippen molar-refractivity contribution in [2.75, 3.05) is 19.6 Å². The summed E-state index contributed by atoms with van der Waals surface area (Å²) in [6.07, 6.45) is 6.09. The van der Waals surface area contributed by atoms with Crippen molar-refractivity contribution in [1.29, 1.82) is 0 Å². The summed E-state index contributed by atoms with van der Waals surface area (Å²) < 4.78 is 2.46. The molecule has 6 heteroatoms. The molecule has 0 aliphatic carbocycles. The van der Waals surface area contributed by atoms with Gasteiger partial charge in [-0.15, -0.1) is 0 Å². The van der Waals surface area contributed by atoms with Gasteiger partial charge in [-0.1, -0.05) is 42.5 Å². The third kappa shape index (κ3) is 5.07. The van der Waals surface area contributed by atoms with Crippen LogP contribution in [0.3, 0.4) is 0 Å². The fourth-order valence-corrected chi connectivity index (χ4v) is 5.01. The zero-order chi connectivity index (χ0) is 23.3. The normalized spacial score (nSPS) is 15.1. The van der Waals surface area contributed by atoms with E-state index in [2.05, 4.69) is 86.3 Å². The van der Waals surface area contributed by atoms with Gasteiger partial charge in [-0.2, -0.15) is 0 Å². The van der Waals surface area contributed by atoms with Gasteiger partial charge in [0.05, 0.1) is 6.33 Å². The molecule has 2 N–H and O–H groups in total. The van der Waals surface area contributed by atoms with Crippen LogP contribution >= 0.6 is 0 Å². The highest BCUT2D eigenvalue weighted by atomic mass is 16.1. The number of para-hydroxylation sites is 1. The van der Waals surface area contributed by atoms with Gasteiger partial charge in [0, 0.05) is 55.1 Å². The molecule has 1 aliphatic rings. The molecule has 0 radical (unpaired) electrons. The van der Waals surface area contributed by atoms with Crippen molar-refractivity contribution in [1.82, 2.24) is 24.8 Å². The van der Waals surface area contributed by atoms with Crippen LogP contribution in [0.25, 0.3) is 10.9 Å². The van der Waals surface area contributed by atoms with E-state index in [0.29, 0.717) is 6.54 Å². The molecule has 1 amide bonds. The van der Waals surface area contributed by atoms with Crippen LogP contribution < -0.4 is 5.32 Å². The molecule has 5 rings (SSSR count). The number of nitrogens with one attached hydrogen (secondary N) is 2. The minimum Gasteiger partial charge on any atom is -0.355 e. The van der Waals surface area contributed by atoms with Gasteiger partial charge in [0.2, 0.25) is 5.91 Å². The largest absolute Gasteiger partial charge is 0.355 e. The number of piperidine rings is 1. The second kappa shape index (κ2) is 10.3. The standard InChI is InChI=1S/C28H33N5O/c1-21-6-2-3-8-24(21)18-33-26(16-23-7-4-5-9-27(23)33)19-32-14-11-22(12-15-32)28(34)30-13-10-25-17-29-20-31-25/h2-9,16-17,20,22H,10-15,18-19H2,1H3,(H,29,31)(H,30,34). The summed E-state index contributed by atoms with van der Waals surface area (Å²) in [5.41, 5.74) is 6.36. The molecule has 34 heavy (non-hydrogen) atoms. The zero-order valence-corrected chi connectivity index (χ0v) is 19.8. The Labute approximate surface area is 201 Å². The van der Waals surface area contributed by atoms with Crippen LogP contribution in [-0.2, 0) is 24.3 Å². The van der Waals surface area contributed by atoms with Gasteiger partial charge in [0.1, 0.15) is 0 Å². The zero-order valence-electron chi connectivity index (χ0n) is 19.8. The minimum absolute atomic E-state index is 0.107. The quantitative estimate of drug-likeness (QED) is 0.417. The van der Waals surface area contributed by atoms with E-state index < -0.39 is 0 Å². The molecule has 6 nitrogen and oxygen atoms in total. The Morgan fingerprint density at radius 2 is 1.88 bits per heavy atom. The first-order valence-corrected chi connectivity index (χ1v) is 12.3. The number of H-pyrrole nitrogens is 1. The second-order valence-corrected chi connectivity index (χ2v) is 9.38. The topological polar surface area (TPSA) is 66.0 Å². The number of hydrogen-bond donors (Lipinski definition) is 2. The summed E-state index contributed by atoms with van der Waals surface area (Å²) in [7, 11) is 0. The molecular formula is C28H33N5O. The van der Waals surface area contributed by atoms with Crippen LogP contribution in [0, 0.1) is 12.8 Å². The summed E-state index contributed by atoms with van der Waals surface area (Å²) >= 11 is 0. The Bertz CT molecular complexity index is 1230. The first-order valence-electron chi connectivity index (χ1n) is 12.3. The predicted molar refractivity (Wildman–Crippen MR) is 136 cm³/mol. The highest BCUT2D eigenvalue weighted by molar-refractivity contribution is 5.81. The number of carbonyl (C=O) groups is 1. The lowest BCUT2D eigenvalue weighted by atomic mass is 9.95. The van der Waals surface area contributed by atoms with Crippen LogP contribution in [0.1, 0.15) is 35.4 Å². The van der Waals surface area contributed by atoms with Crippen LogP contribution in [0.2, 0.25) is 0 Å². The Morgan fingerprint density at radius 1 is 1.09 bits per heavy atom. The maximum absolute atomic E-state index is 12.6. The fraction of sp³-hybridized carbons (Fsp3) is 0.357. The minimum atomic E-state index is 0.107. The molecular weight excluding hydrogens is 422 g/mol. The molecule has 1 aliphatic heterocycles. The Hall–Kier alpha value is -3.38. The van der Waals surface area contributed by atoms with Gasteiger partial charge in [-0.3, -0.25) is 9.69 Å². The third-order valence-electron chi connectivity index (χ3n) is 7.08. The summed E-state index contributed by atoms with van der Waals surface area (Å²) in [5, 5.41) is 4.39. The highest BCUT2D eigenvalue weighted by Crippen LogP contribution is 2.25. The van der Waals surface area contributed by atoms with Crippen LogP contribution in [0.5, 0.6) is 0 Å². The van der Waals surface area contributed by atoms with Crippen LogP contribution in [0.4, 0.5) is 0 Å². The van der Waals surface area contributed by atoms with E-state index >= 15 is 0 Å². The second-order valence-electron chi connectivity index (χ2n) is 9.38. The van der Waals surface area contributed by atoms with E-state index in [4.69, 9.17) is 0 Å². The number of amides is 1. The van der Waals surface area contributed by atoms with Gasteiger partial charge < -0.3 is 14.9 Å². The number of hydrogen-bond acceptors (Lipinski definition) is 3. The van der Waals surface area contributed by atoms with Gasteiger partial charge in [-0.25, -0.2) is 4.98 Å². The van der Waals surface area contributed by atoms with E-state index in [1.54, 1.807) is 6.33 Å². The predicted octanol–water partition coefficient (Wildman–Crippen LogP) is 4.29. The number of rotatable bonds is 8. The van der Waals surface area contributed by atoms with Gasteiger partial charge in [0.25, 0.3) is 0 Å². The number of aromatic nitrogens is 3. The van der Waals surface area contributed by atoms with Crippen LogP contribution in [0.15, 0.2) is 67.1 Å². The van der Waals surface area contributed by atoms with E-state index in [9.17, 15) is 4.79 Å². The number of aryl methyl sites for hydroxylation is 1. The first kappa shape index (κ1) is 22.4. The lowest BCUT2D eigenvalue weighted by Gasteiger charge is -2.31. The number of nitrogens with zero attached hydrogens (tertiary/aromatic N) is 3. The SMILES string of the molecule is Cc1ccccc1Cn1c(CN2CCC(C(=O)NCCc3cnc[nH]3)CC2)cc2ccccc21. The summed E-state index contributed by atoms with van der Waals surface area (Å²) in [6.45, 7) is 6.53. The summed E-state index contributed by atoms with van der Waals surface area (Å²) in [4.78, 5) is 22.2. The van der Waals surface area contributed by atoms with E-state index in [0.717, 1.165) is 51.1 Å². The first-order chi connectivity index (χ1) is 16.7. The highest BCUT2D eigenvalue weighted by Gasteiger charge is 2.25. The van der Waals surface area contributed by atoms with Crippen molar-refractivity contribution in [3.05, 3.63) is 89.6 Å². The molecule has 176 valence electrons. The molecule has 0 saturated carbocycles. The van der Waals surface area contributed by atoms with E-state index in [1.165, 1.54) is 27.7 Å². The maximum atomic E-state index is 12.6. The van der Waals surface area contributed by atoms with Gasteiger partial charge >= 0.3 is 0 Å². The molecule has 0 spiro atoms. The van der Waals surface area contributed by atoms with Crippen molar-refractivity contribution in [3.63, 3.8) is 0 Å².